The van der Waals surface area contributed by atoms with Crippen LogP contribution in [0.2, 0.25) is 10.0 Å². The third-order valence-corrected chi connectivity index (χ3v) is 5.11. The molecule has 134 valence electrons. The standard InChI is InChI=1S/C17H12BrCl2N3O3/c1-8-2-4-11-14(15(8)18)16(17(25)21-11)23-22-13(24)7-26-12-5-3-9(19)6-10(12)20/h2-6,21,25H,7H2,1H3. The van der Waals surface area contributed by atoms with Gasteiger partial charge in [0.05, 0.1) is 10.5 Å². The Balaban J connectivity index is 1.77. The van der Waals surface area contributed by atoms with Crippen LogP contribution >= 0.6 is 39.1 Å². The summed E-state index contributed by atoms with van der Waals surface area (Å²) in [5.74, 6) is -0.494. The molecular formula is C17H12BrCl2N3O3. The van der Waals surface area contributed by atoms with E-state index in [-0.39, 0.29) is 23.2 Å². The van der Waals surface area contributed by atoms with Gasteiger partial charge < -0.3 is 14.8 Å². The Morgan fingerprint density at radius 1 is 1.31 bits per heavy atom. The number of hydrogen-bond donors (Lipinski definition) is 2. The van der Waals surface area contributed by atoms with E-state index in [1.165, 1.54) is 6.07 Å². The first-order chi connectivity index (χ1) is 12.4. The van der Waals surface area contributed by atoms with Crippen molar-refractivity contribution in [2.45, 2.75) is 6.92 Å². The van der Waals surface area contributed by atoms with Crippen molar-refractivity contribution in [1.82, 2.24) is 4.98 Å². The Hall–Kier alpha value is -2.09. The fourth-order valence-corrected chi connectivity index (χ4v) is 3.28. The number of azo groups is 1. The van der Waals surface area contributed by atoms with E-state index in [0.717, 1.165) is 10.0 Å². The lowest BCUT2D eigenvalue weighted by Gasteiger charge is -2.05. The van der Waals surface area contributed by atoms with Gasteiger partial charge in [0.1, 0.15) is 5.75 Å². The molecule has 3 aromatic rings. The van der Waals surface area contributed by atoms with Gasteiger partial charge in [-0.05, 0) is 52.7 Å². The van der Waals surface area contributed by atoms with Crippen molar-refractivity contribution >= 4 is 61.6 Å². The van der Waals surface area contributed by atoms with Gasteiger partial charge in [-0.2, -0.15) is 0 Å². The van der Waals surface area contributed by atoms with Gasteiger partial charge in [-0.25, -0.2) is 0 Å². The van der Waals surface area contributed by atoms with Gasteiger partial charge in [-0.15, -0.1) is 10.2 Å². The molecule has 0 aliphatic carbocycles. The average Bonchev–Trinajstić information content (AvgIpc) is 2.91. The molecule has 1 heterocycles. The molecule has 0 bridgehead atoms. The van der Waals surface area contributed by atoms with Crippen molar-refractivity contribution in [2.75, 3.05) is 6.61 Å². The minimum Gasteiger partial charge on any atom is -0.493 e. The number of amides is 1. The molecule has 0 fully saturated rings. The first-order valence-corrected chi connectivity index (χ1v) is 8.94. The van der Waals surface area contributed by atoms with Crippen LogP contribution in [0.1, 0.15) is 5.56 Å². The van der Waals surface area contributed by atoms with E-state index in [1.54, 1.807) is 12.1 Å². The maximum atomic E-state index is 11.9. The van der Waals surface area contributed by atoms with E-state index in [4.69, 9.17) is 27.9 Å². The van der Waals surface area contributed by atoms with E-state index in [9.17, 15) is 9.90 Å². The summed E-state index contributed by atoms with van der Waals surface area (Å²) < 4.78 is 6.07. The highest BCUT2D eigenvalue weighted by Gasteiger charge is 2.15. The van der Waals surface area contributed by atoms with Crippen molar-refractivity contribution in [2.24, 2.45) is 10.2 Å². The Kier molecular flexibility index (Phi) is 5.50. The largest absolute Gasteiger partial charge is 0.493 e. The highest BCUT2D eigenvalue weighted by molar-refractivity contribution is 9.10. The van der Waals surface area contributed by atoms with Crippen LogP contribution in [0.5, 0.6) is 11.6 Å². The van der Waals surface area contributed by atoms with Crippen LogP contribution in [-0.2, 0) is 4.79 Å². The number of nitrogens with zero attached hydrogens (tertiary/aromatic N) is 2. The maximum absolute atomic E-state index is 11.9. The molecule has 1 aromatic heterocycles. The maximum Gasteiger partial charge on any atom is 0.302 e. The fourth-order valence-electron chi connectivity index (χ4n) is 2.28. The van der Waals surface area contributed by atoms with Crippen LogP contribution < -0.4 is 4.74 Å². The number of hydrogen-bond acceptors (Lipinski definition) is 4. The molecule has 0 aliphatic heterocycles. The van der Waals surface area contributed by atoms with Gasteiger partial charge in [0.25, 0.3) is 0 Å². The molecule has 0 atom stereocenters. The summed E-state index contributed by atoms with van der Waals surface area (Å²) in [5.41, 5.74) is 1.80. The van der Waals surface area contributed by atoms with Crippen LogP contribution in [0.15, 0.2) is 45.0 Å². The number of ether oxygens (including phenoxy) is 1. The zero-order valence-electron chi connectivity index (χ0n) is 13.4. The lowest BCUT2D eigenvalue weighted by atomic mass is 10.1. The van der Waals surface area contributed by atoms with Crippen LogP contribution in [0, 0.1) is 6.92 Å². The minimum absolute atomic E-state index is 0.174. The summed E-state index contributed by atoms with van der Waals surface area (Å²) in [6, 6.07) is 8.35. The average molecular weight is 457 g/mol. The molecule has 6 nitrogen and oxygen atoms in total. The van der Waals surface area contributed by atoms with Crippen molar-refractivity contribution in [3.05, 3.63) is 50.4 Å². The van der Waals surface area contributed by atoms with Gasteiger partial charge in [-0.3, -0.25) is 4.79 Å². The van der Waals surface area contributed by atoms with Crippen LogP contribution in [0.25, 0.3) is 10.9 Å². The molecule has 1 amide bonds. The number of nitrogens with one attached hydrogen (secondary N) is 1. The van der Waals surface area contributed by atoms with Crippen molar-refractivity contribution < 1.29 is 14.6 Å². The Bertz CT molecular complexity index is 1030. The van der Waals surface area contributed by atoms with Crippen molar-refractivity contribution in [3.63, 3.8) is 0 Å². The SMILES string of the molecule is Cc1ccc2[nH]c(O)c(N=NC(=O)COc3ccc(Cl)cc3Cl)c2c1Br. The van der Waals surface area contributed by atoms with Crippen LogP contribution in [0.4, 0.5) is 5.69 Å². The normalized spacial score (nSPS) is 11.4. The lowest BCUT2D eigenvalue weighted by molar-refractivity contribution is -0.120. The number of carbonyl (C=O) groups excluding carboxylic acids is 1. The van der Waals surface area contributed by atoms with Gasteiger partial charge >= 0.3 is 5.91 Å². The summed E-state index contributed by atoms with van der Waals surface area (Å²) >= 11 is 15.2. The molecule has 9 heteroatoms. The van der Waals surface area contributed by atoms with Gasteiger partial charge in [0, 0.05) is 14.9 Å². The summed E-state index contributed by atoms with van der Waals surface area (Å²) in [7, 11) is 0. The molecule has 3 rings (SSSR count). The van der Waals surface area contributed by atoms with E-state index in [2.05, 4.69) is 31.1 Å². The predicted molar refractivity (Wildman–Crippen MR) is 104 cm³/mol. The topological polar surface area (TPSA) is 87.0 Å². The minimum atomic E-state index is -0.631. The number of carbonyl (C=O) groups is 1. The number of H-pyrrole nitrogens is 1. The number of rotatable bonds is 4. The van der Waals surface area contributed by atoms with Crippen LogP contribution in [0.3, 0.4) is 0 Å². The molecule has 2 aromatic carbocycles. The number of halogens is 3. The molecular weight excluding hydrogens is 445 g/mol. The molecule has 26 heavy (non-hydrogen) atoms. The van der Waals surface area contributed by atoms with Crippen molar-refractivity contribution in [3.8, 4) is 11.6 Å². The number of fused-ring (bicyclic) bond motifs is 1. The summed E-state index contributed by atoms with van der Waals surface area (Å²) in [6.07, 6.45) is 0. The smallest absolute Gasteiger partial charge is 0.302 e. The fraction of sp³-hybridized carbons (Fsp3) is 0.118. The second kappa shape index (κ2) is 7.65. The number of benzene rings is 2. The molecule has 2 N–H and O–H groups in total. The first-order valence-electron chi connectivity index (χ1n) is 7.39. The monoisotopic (exact) mass is 455 g/mol. The van der Waals surface area contributed by atoms with Crippen molar-refractivity contribution in [1.29, 1.82) is 0 Å². The molecule has 0 saturated carbocycles. The Morgan fingerprint density at radius 3 is 2.81 bits per heavy atom. The molecule has 0 saturated heterocycles. The Morgan fingerprint density at radius 2 is 2.08 bits per heavy atom. The highest BCUT2D eigenvalue weighted by Crippen LogP contribution is 2.41. The number of aromatic hydroxyl groups is 1. The third kappa shape index (κ3) is 3.85. The van der Waals surface area contributed by atoms with E-state index >= 15 is 0 Å². The zero-order chi connectivity index (χ0) is 18.8. The predicted octanol–water partition coefficient (Wildman–Crippen LogP) is 5.94. The molecule has 0 radical (unpaired) electrons. The summed E-state index contributed by atoms with van der Waals surface area (Å²) in [6.45, 7) is 1.55. The van der Waals surface area contributed by atoms with Gasteiger partial charge in [0.2, 0.25) is 5.88 Å². The number of aryl methyl sites for hydroxylation is 1. The number of aromatic nitrogens is 1. The van der Waals surface area contributed by atoms with E-state index in [0.29, 0.717) is 21.7 Å². The highest BCUT2D eigenvalue weighted by atomic mass is 79.9. The third-order valence-electron chi connectivity index (χ3n) is 3.56. The lowest BCUT2D eigenvalue weighted by Crippen LogP contribution is -2.08. The van der Waals surface area contributed by atoms with Gasteiger partial charge in [-0.1, -0.05) is 29.3 Å². The summed E-state index contributed by atoms with van der Waals surface area (Å²) in [4.78, 5) is 14.7. The molecule has 0 aliphatic rings. The Labute approximate surface area is 166 Å². The van der Waals surface area contributed by atoms with E-state index < -0.39 is 5.91 Å². The second-order valence-corrected chi connectivity index (χ2v) is 7.04. The van der Waals surface area contributed by atoms with E-state index in [1.807, 2.05) is 19.1 Å². The molecule has 0 unspecified atom stereocenters. The van der Waals surface area contributed by atoms with Crippen LogP contribution in [-0.4, -0.2) is 22.6 Å². The first kappa shape index (κ1) is 18.7. The van der Waals surface area contributed by atoms with Gasteiger partial charge in [0.15, 0.2) is 12.3 Å². The quantitative estimate of drug-likeness (QED) is 0.476. The number of aromatic amines is 1. The second-order valence-electron chi connectivity index (χ2n) is 5.40. The summed E-state index contributed by atoms with van der Waals surface area (Å²) in [5, 5.41) is 18.9. The zero-order valence-corrected chi connectivity index (χ0v) is 16.5. The molecule has 0 spiro atoms.